The van der Waals surface area contributed by atoms with E-state index in [-0.39, 0.29) is 12.8 Å². The number of hydrogen-bond donors (Lipinski definition) is 6. The van der Waals surface area contributed by atoms with Gasteiger partial charge in [-0.15, -0.1) is 0 Å². The average Bonchev–Trinajstić information content (AvgIpc) is 2.40. The van der Waals surface area contributed by atoms with Gasteiger partial charge in [0.05, 0.1) is 12.5 Å². The normalized spacial score (nSPS) is 14.2. The van der Waals surface area contributed by atoms with Crippen LogP contribution in [0.4, 0.5) is 0 Å². The summed E-state index contributed by atoms with van der Waals surface area (Å²) in [6.07, 6.45) is -1.31. The van der Waals surface area contributed by atoms with Gasteiger partial charge in [0.1, 0.15) is 12.1 Å². The summed E-state index contributed by atoms with van der Waals surface area (Å²) < 4.78 is 0. The van der Waals surface area contributed by atoms with E-state index in [1.54, 1.807) is 0 Å². The second kappa shape index (κ2) is 9.35. The molecule has 8 N–H and O–H groups in total. The fourth-order valence-corrected chi connectivity index (χ4v) is 1.50. The second-order valence-corrected chi connectivity index (χ2v) is 4.85. The fourth-order valence-electron chi connectivity index (χ4n) is 1.50. The molecule has 0 spiro atoms. The molecule has 3 atom stereocenters. The van der Waals surface area contributed by atoms with Crippen LogP contribution in [0.2, 0.25) is 0 Å². The summed E-state index contributed by atoms with van der Waals surface area (Å²) >= 11 is 0. The number of rotatable bonds is 10. The molecule has 0 aliphatic rings. The molecule has 0 fully saturated rings. The summed E-state index contributed by atoms with van der Waals surface area (Å²) in [4.78, 5) is 55.9. The lowest BCUT2D eigenvalue weighted by Crippen LogP contribution is -2.54. The zero-order valence-corrected chi connectivity index (χ0v) is 12.4. The quantitative estimate of drug-likeness (QED) is 0.245. The number of aliphatic carboxylic acids is 2. The number of hydrogen-bond acceptors (Lipinski definition) is 6. The van der Waals surface area contributed by atoms with E-state index in [0.717, 1.165) is 0 Å². The number of nitrogens with two attached hydrogens (primary N) is 2. The van der Waals surface area contributed by atoms with E-state index in [1.165, 1.54) is 6.92 Å². The van der Waals surface area contributed by atoms with Crippen molar-refractivity contribution in [2.24, 2.45) is 11.5 Å². The third-order valence-electron chi connectivity index (χ3n) is 2.72. The van der Waals surface area contributed by atoms with E-state index >= 15 is 0 Å². The lowest BCUT2D eigenvalue weighted by atomic mass is 10.1. The Kier molecular flexibility index (Phi) is 8.26. The largest absolute Gasteiger partial charge is 0.481 e. The topological polar surface area (TPSA) is 202 Å². The molecule has 130 valence electrons. The summed E-state index contributed by atoms with van der Waals surface area (Å²) in [6, 6.07) is -3.93. The van der Waals surface area contributed by atoms with Crippen molar-refractivity contribution >= 4 is 29.7 Å². The maximum atomic E-state index is 12.0. The van der Waals surface area contributed by atoms with Crippen molar-refractivity contribution in [1.29, 1.82) is 0 Å². The van der Waals surface area contributed by atoms with Crippen molar-refractivity contribution in [3.63, 3.8) is 0 Å². The maximum absolute atomic E-state index is 12.0. The Bertz CT molecular complexity index is 492. The Balaban J connectivity index is 4.96. The lowest BCUT2D eigenvalue weighted by Gasteiger charge is -2.21. The Labute approximate surface area is 131 Å². The van der Waals surface area contributed by atoms with Crippen LogP contribution < -0.4 is 22.1 Å². The molecule has 23 heavy (non-hydrogen) atoms. The smallest absolute Gasteiger partial charge is 0.326 e. The Hall–Kier alpha value is -2.69. The molecule has 0 bridgehead atoms. The Morgan fingerprint density at radius 3 is 1.91 bits per heavy atom. The molecule has 3 unspecified atom stereocenters. The third kappa shape index (κ3) is 8.36. The number of carbonyl (C=O) groups excluding carboxylic acids is 3. The van der Waals surface area contributed by atoms with Crippen LogP contribution >= 0.6 is 0 Å². The van der Waals surface area contributed by atoms with E-state index < -0.39 is 54.2 Å². The van der Waals surface area contributed by atoms with Crippen LogP contribution in [-0.2, 0) is 24.0 Å². The van der Waals surface area contributed by atoms with Crippen molar-refractivity contribution in [2.45, 2.75) is 44.3 Å². The minimum Gasteiger partial charge on any atom is -0.481 e. The van der Waals surface area contributed by atoms with Crippen LogP contribution in [0.3, 0.4) is 0 Å². The average molecular weight is 332 g/mol. The Morgan fingerprint density at radius 1 is 1.00 bits per heavy atom. The molecule has 0 rings (SSSR count). The van der Waals surface area contributed by atoms with Gasteiger partial charge in [-0.05, 0) is 13.3 Å². The first-order valence-electron chi connectivity index (χ1n) is 6.63. The molecule has 11 nitrogen and oxygen atoms in total. The Morgan fingerprint density at radius 2 is 1.52 bits per heavy atom. The van der Waals surface area contributed by atoms with Gasteiger partial charge in [-0.2, -0.15) is 0 Å². The number of carbonyl (C=O) groups is 5. The number of primary amides is 1. The second-order valence-electron chi connectivity index (χ2n) is 4.85. The lowest BCUT2D eigenvalue weighted by molar-refractivity contribution is -0.143. The third-order valence-corrected chi connectivity index (χ3v) is 2.72. The maximum Gasteiger partial charge on any atom is 0.326 e. The van der Waals surface area contributed by atoms with Crippen molar-refractivity contribution in [3.05, 3.63) is 0 Å². The van der Waals surface area contributed by atoms with Gasteiger partial charge in [0.2, 0.25) is 17.7 Å². The first kappa shape index (κ1) is 20.3. The van der Waals surface area contributed by atoms with Gasteiger partial charge < -0.3 is 32.3 Å². The monoisotopic (exact) mass is 332 g/mol. The summed E-state index contributed by atoms with van der Waals surface area (Å²) in [5.74, 6) is -5.34. The van der Waals surface area contributed by atoms with E-state index in [0.29, 0.717) is 0 Å². The highest BCUT2D eigenvalue weighted by Crippen LogP contribution is 2.01. The molecule has 0 aromatic rings. The molecular formula is C12H20N4O7. The van der Waals surface area contributed by atoms with Crippen LogP contribution in [0.15, 0.2) is 0 Å². The van der Waals surface area contributed by atoms with Gasteiger partial charge >= 0.3 is 11.9 Å². The summed E-state index contributed by atoms with van der Waals surface area (Å²) in [7, 11) is 0. The molecule has 11 heteroatoms. The number of nitrogens with one attached hydrogen (secondary N) is 2. The van der Waals surface area contributed by atoms with Crippen molar-refractivity contribution in [2.75, 3.05) is 0 Å². The fraction of sp³-hybridized carbons (Fsp3) is 0.583. The van der Waals surface area contributed by atoms with Gasteiger partial charge in [-0.25, -0.2) is 4.79 Å². The molecule has 0 aromatic heterocycles. The van der Waals surface area contributed by atoms with Crippen molar-refractivity contribution in [1.82, 2.24) is 10.6 Å². The molecule has 0 saturated carbocycles. The summed E-state index contributed by atoms with van der Waals surface area (Å²) in [5, 5.41) is 21.9. The number of carboxylic acid groups (broad SMARTS) is 2. The van der Waals surface area contributed by atoms with E-state index in [4.69, 9.17) is 21.7 Å². The first-order valence-corrected chi connectivity index (χ1v) is 6.63. The molecule has 0 aliphatic carbocycles. The van der Waals surface area contributed by atoms with Crippen LogP contribution in [0, 0.1) is 0 Å². The standard InChI is InChI=1S/C12H20N4O7/c1-5(13)10(20)16-7(4-9(18)19)11(21)15-6(12(22)23)2-3-8(14)17/h5-7H,2-4,13H2,1H3,(H2,14,17)(H,15,21)(H,16,20)(H,18,19)(H,22,23). The summed E-state index contributed by atoms with van der Waals surface area (Å²) in [5.41, 5.74) is 10.2. The predicted octanol–water partition coefficient (Wildman–Crippen LogP) is -2.87. The SMILES string of the molecule is CC(N)C(=O)NC(CC(=O)O)C(=O)NC(CCC(N)=O)C(=O)O. The van der Waals surface area contributed by atoms with E-state index in [1.807, 2.05) is 0 Å². The van der Waals surface area contributed by atoms with Gasteiger partial charge in [0.25, 0.3) is 0 Å². The van der Waals surface area contributed by atoms with Crippen LogP contribution in [0.25, 0.3) is 0 Å². The van der Waals surface area contributed by atoms with Crippen LogP contribution in [0.5, 0.6) is 0 Å². The summed E-state index contributed by atoms with van der Waals surface area (Å²) in [6.45, 7) is 1.33. The highest BCUT2D eigenvalue weighted by Gasteiger charge is 2.29. The molecule has 0 radical (unpaired) electrons. The van der Waals surface area contributed by atoms with Crippen molar-refractivity contribution < 1.29 is 34.2 Å². The minimum absolute atomic E-state index is 0.266. The molecule has 3 amide bonds. The van der Waals surface area contributed by atoms with Gasteiger partial charge in [-0.3, -0.25) is 19.2 Å². The highest BCUT2D eigenvalue weighted by atomic mass is 16.4. The molecule has 0 aromatic carbocycles. The molecule has 0 heterocycles. The van der Waals surface area contributed by atoms with Crippen LogP contribution in [0.1, 0.15) is 26.2 Å². The first-order chi connectivity index (χ1) is 10.5. The van der Waals surface area contributed by atoms with Crippen molar-refractivity contribution in [3.8, 4) is 0 Å². The van der Waals surface area contributed by atoms with E-state index in [2.05, 4.69) is 10.6 Å². The zero-order chi connectivity index (χ0) is 18.2. The van der Waals surface area contributed by atoms with Gasteiger partial charge in [0, 0.05) is 6.42 Å². The minimum atomic E-state index is -1.50. The van der Waals surface area contributed by atoms with Gasteiger partial charge in [-0.1, -0.05) is 0 Å². The molecule has 0 saturated heterocycles. The van der Waals surface area contributed by atoms with Gasteiger partial charge in [0.15, 0.2) is 0 Å². The highest BCUT2D eigenvalue weighted by molar-refractivity contribution is 5.93. The number of carboxylic acids is 2. The zero-order valence-electron chi connectivity index (χ0n) is 12.4. The molecule has 0 aliphatic heterocycles. The number of amides is 3. The van der Waals surface area contributed by atoms with E-state index in [9.17, 15) is 24.0 Å². The predicted molar refractivity (Wildman–Crippen MR) is 75.8 cm³/mol. The molecular weight excluding hydrogens is 312 g/mol. The van der Waals surface area contributed by atoms with Crippen LogP contribution in [-0.4, -0.2) is 58.0 Å².